The molecule has 0 radical (unpaired) electrons. The SMILES string of the molecule is O=C(Nc1ccccc1C1=CCCC1)c1ccc(Cl)cc1. The number of para-hydroxylation sites is 1. The van der Waals surface area contributed by atoms with Crippen molar-refractivity contribution in [3.05, 3.63) is 70.8 Å². The van der Waals surface area contributed by atoms with E-state index >= 15 is 0 Å². The first-order valence-corrected chi connectivity index (χ1v) is 7.47. The maximum absolute atomic E-state index is 12.3. The van der Waals surface area contributed by atoms with Crippen LogP contribution in [0.1, 0.15) is 35.2 Å². The first-order valence-electron chi connectivity index (χ1n) is 7.09. The van der Waals surface area contributed by atoms with Crippen LogP contribution in [0.15, 0.2) is 54.6 Å². The molecule has 2 nitrogen and oxygen atoms in total. The third-order valence-corrected chi connectivity index (χ3v) is 3.92. The van der Waals surface area contributed by atoms with Gasteiger partial charge in [0.1, 0.15) is 0 Å². The van der Waals surface area contributed by atoms with E-state index in [1.807, 2.05) is 18.2 Å². The lowest BCUT2D eigenvalue weighted by molar-refractivity contribution is 0.102. The maximum Gasteiger partial charge on any atom is 0.255 e. The molecule has 0 unspecified atom stereocenters. The van der Waals surface area contributed by atoms with E-state index in [2.05, 4.69) is 17.5 Å². The zero-order valence-electron chi connectivity index (χ0n) is 11.6. The number of hydrogen-bond acceptors (Lipinski definition) is 1. The van der Waals surface area contributed by atoms with Gasteiger partial charge in [-0.25, -0.2) is 0 Å². The van der Waals surface area contributed by atoms with Crippen LogP contribution in [0.3, 0.4) is 0 Å². The second-order valence-electron chi connectivity index (χ2n) is 5.13. The summed E-state index contributed by atoms with van der Waals surface area (Å²) in [7, 11) is 0. The number of anilines is 1. The Balaban J connectivity index is 1.84. The van der Waals surface area contributed by atoms with Gasteiger partial charge in [-0.15, -0.1) is 0 Å². The average molecular weight is 298 g/mol. The van der Waals surface area contributed by atoms with Crippen LogP contribution in [0, 0.1) is 0 Å². The molecule has 0 spiro atoms. The molecule has 0 aromatic heterocycles. The van der Waals surface area contributed by atoms with Gasteiger partial charge in [-0.3, -0.25) is 4.79 Å². The number of amides is 1. The molecule has 21 heavy (non-hydrogen) atoms. The van der Waals surface area contributed by atoms with Gasteiger partial charge in [0.05, 0.1) is 0 Å². The lowest BCUT2D eigenvalue weighted by atomic mass is 10.0. The highest BCUT2D eigenvalue weighted by atomic mass is 35.5. The third kappa shape index (κ3) is 3.17. The molecule has 0 saturated carbocycles. The Kier molecular flexibility index (Phi) is 4.07. The highest BCUT2D eigenvalue weighted by molar-refractivity contribution is 6.30. The van der Waals surface area contributed by atoms with E-state index in [1.54, 1.807) is 24.3 Å². The molecule has 0 fully saturated rings. The second kappa shape index (κ2) is 6.15. The van der Waals surface area contributed by atoms with Crippen molar-refractivity contribution in [2.24, 2.45) is 0 Å². The van der Waals surface area contributed by atoms with Crippen LogP contribution >= 0.6 is 11.6 Å². The Labute approximate surface area is 129 Å². The van der Waals surface area contributed by atoms with Gasteiger partial charge >= 0.3 is 0 Å². The number of hydrogen-bond donors (Lipinski definition) is 1. The van der Waals surface area contributed by atoms with Crippen molar-refractivity contribution >= 4 is 28.8 Å². The Hall–Kier alpha value is -2.06. The van der Waals surface area contributed by atoms with Crippen LogP contribution in [-0.2, 0) is 0 Å². The van der Waals surface area contributed by atoms with E-state index in [1.165, 1.54) is 12.0 Å². The summed E-state index contributed by atoms with van der Waals surface area (Å²) >= 11 is 5.85. The van der Waals surface area contributed by atoms with Crippen LogP contribution in [0.25, 0.3) is 5.57 Å². The van der Waals surface area contributed by atoms with E-state index in [-0.39, 0.29) is 5.91 Å². The Morgan fingerprint density at radius 2 is 1.81 bits per heavy atom. The minimum absolute atomic E-state index is 0.113. The fraction of sp³-hybridized carbons (Fsp3) is 0.167. The van der Waals surface area contributed by atoms with Gasteiger partial charge in [-0.2, -0.15) is 0 Å². The summed E-state index contributed by atoms with van der Waals surface area (Å²) in [6.45, 7) is 0. The van der Waals surface area contributed by atoms with Crippen molar-refractivity contribution in [3.8, 4) is 0 Å². The number of benzene rings is 2. The summed E-state index contributed by atoms with van der Waals surface area (Å²) in [6, 6.07) is 14.9. The van der Waals surface area contributed by atoms with E-state index < -0.39 is 0 Å². The van der Waals surface area contributed by atoms with Crippen molar-refractivity contribution in [1.29, 1.82) is 0 Å². The minimum atomic E-state index is -0.113. The summed E-state index contributed by atoms with van der Waals surface area (Å²) < 4.78 is 0. The van der Waals surface area contributed by atoms with Crippen LogP contribution in [-0.4, -0.2) is 5.91 Å². The summed E-state index contributed by atoms with van der Waals surface area (Å²) in [5, 5.41) is 3.63. The van der Waals surface area contributed by atoms with Crippen LogP contribution in [0.2, 0.25) is 5.02 Å². The van der Waals surface area contributed by atoms with Crippen molar-refractivity contribution in [2.45, 2.75) is 19.3 Å². The summed E-state index contributed by atoms with van der Waals surface area (Å²) in [4.78, 5) is 12.3. The second-order valence-corrected chi connectivity index (χ2v) is 5.56. The predicted molar refractivity (Wildman–Crippen MR) is 87.7 cm³/mol. The molecule has 1 amide bonds. The molecule has 2 aromatic carbocycles. The lowest BCUT2D eigenvalue weighted by Gasteiger charge is -2.12. The van der Waals surface area contributed by atoms with Gasteiger partial charge in [0.2, 0.25) is 0 Å². The number of rotatable bonds is 3. The minimum Gasteiger partial charge on any atom is -0.321 e. The van der Waals surface area contributed by atoms with Gasteiger partial charge in [-0.1, -0.05) is 35.9 Å². The molecule has 1 aliphatic carbocycles. The van der Waals surface area contributed by atoms with E-state index in [4.69, 9.17) is 11.6 Å². The molecule has 106 valence electrons. The number of carbonyl (C=O) groups excluding carboxylic acids is 1. The summed E-state index contributed by atoms with van der Waals surface area (Å²) in [5.74, 6) is -0.113. The zero-order chi connectivity index (χ0) is 14.7. The molecule has 1 aliphatic rings. The Bertz CT molecular complexity index is 689. The quantitative estimate of drug-likeness (QED) is 0.833. The van der Waals surface area contributed by atoms with Gasteiger partial charge in [-0.05, 0) is 55.2 Å². The molecular formula is C18H16ClNO. The Morgan fingerprint density at radius 3 is 2.52 bits per heavy atom. The molecule has 3 heteroatoms. The molecular weight excluding hydrogens is 282 g/mol. The first-order chi connectivity index (χ1) is 10.2. The molecule has 1 N–H and O–H groups in total. The van der Waals surface area contributed by atoms with E-state index in [0.717, 1.165) is 24.1 Å². The molecule has 0 heterocycles. The summed E-state index contributed by atoms with van der Waals surface area (Å²) in [5.41, 5.74) is 3.92. The van der Waals surface area contributed by atoms with E-state index in [9.17, 15) is 4.79 Å². The molecule has 2 aromatic rings. The lowest BCUT2D eigenvalue weighted by Crippen LogP contribution is -2.12. The molecule has 0 saturated heterocycles. The van der Waals surface area contributed by atoms with Gasteiger partial charge < -0.3 is 5.32 Å². The van der Waals surface area contributed by atoms with Crippen molar-refractivity contribution in [2.75, 3.05) is 5.32 Å². The standard InChI is InChI=1S/C18H16ClNO/c19-15-11-9-14(10-12-15)18(21)20-17-8-4-3-7-16(17)13-5-1-2-6-13/h3-5,7-12H,1-2,6H2,(H,20,21). The topological polar surface area (TPSA) is 29.1 Å². The zero-order valence-corrected chi connectivity index (χ0v) is 12.4. The molecule has 0 bridgehead atoms. The summed E-state index contributed by atoms with van der Waals surface area (Å²) in [6.07, 6.45) is 5.64. The van der Waals surface area contributed by atoms with Gasteiger partial charge in [0, 0.05) is 21.8 Å². The Morgan fingerprint density at radius 1 is 1.05 bits per heavy atom. The van der Waals surface area contributed by atoms with Crippen molar-refractivity contribution in [3.63, 3.8) is 0 Å². The monoisotopic (exact) mass is 297 g/mol. The van der Waals surface area contributed by atoms with Gasteiger partial charge in [0.15, 0.2) is 0 Å². The number of halogens is 1. The third-order valence-electron chi connectivity index (χ3n) is 3.67. The maximum atomic E-state index is 12.3. The van der Waals surface area contributed by atoms with Crippen LogP contribution in [0.4, 0.5) is 5.69 Å². The predicted octanol–water partition coefficient (Wildman–Crippen LogP) is 5.16. The van der Waals surface area contributed by atoms with E-state index in [0.29, 0.717) is 10.6 Å². The number of nitrogens with one attached hydrogen (secondary N) is 1. The fourth-order valence-corrected chi connectivity index (χ4v) is 2.71. The average Bonchev–Trinajstić information content (AvgIpc) is 3.02. The molecule has 0 aliphatic heterocycles. The van der Waals surface area contributed by atoms with Gasteiger partial charge in [0.25, 0.3) is 5.91 Å². The first kappa shape index (κ1) is 13.9. The smallest absolute Gasteiger partial charge is 0.255 e. The molecule has 0 atom stereocenters. The fourth-order valence-electron chi connectivity index (χ4n) is 2.58. The number of carbonyl (C=O) groups is 1. The largest absolute Gasteiger partial charge is 0.321 e. The highest BCUT2D eigenvalue weighted by Crippen LogP contribution is 2.32. The van der Waals surface area contributed by atoms with Crippen LogP contribution < -0.4 is 5.32 Å². The number of allylic oxidation sites excluding steroid dienone is 2. The highest BCUT2D eigenvalue weighted by Gasteiger charge is 2.13. The molecule has 3 rings (SSSR count). The van der Waals surface area contributed by atoms with Crippen LogP contribution in [0.5, 0.6) is 0 Å². The normalized spacial score (nSPS) is 13.9. The van der Waals surface area contributed by atoms with Crippen molar-refractivity contribution < 1.29 is 4.79 Å². The van der Waals surface area contributed by atoms with Crippen molar-refractivity contribution in [1.82, 2.24) is 0 Å².